The van der Waals surface area contributed by atoms with Crippen molar-refractivity contribution in [2.45, 2.75) is 57.8 Å². The zero-order valence-electron chi connectivity index (χ0n) is 8.12. The minimum Gasteiger partial charge on any atom is -0.363 e. The number of nitrogens with zero attached hydrogens (tertiary/aromatic N) is 1. The van der Waals surface area contributed by atoms with Crippen LogP contribution in [0, 0.1) is 0 Å². The highest BCUT2D eigenvalue weighted by Gasteiger charge is 2.37. The molecule has 1 aliphatic heterocycles. The van der Waals surface area contributed by atoms with Crippen LogP contribution >= 0.6 is 0 Å². The maximum atomic E-state index is 5.70. The molecule has 70 valence electrons. The third kappa shape index (κ3) is 1.64. The van der Waals surface area contributed by atoms with Crippen molar-refractivity contribution in [2.24, 2.45) is 0 Å². The SMILES string of the molecule is CC(C)N(C1CC1)[C@@H]1CCCO1. The van der Waals surface area contributed by atoms with Crippen molar-refractivity contribution < 1.29 is 4.74 Å². The van der Waals surface area contributed by atoms with Gasteiger partial charge in [0.15, 0.2) is 0 Å². The van der Waals surface area contributed by atoms with Crippen LogP contribution in [0.5, 0.6) is 0 Å². The van der Waals surface area contributed by atoms with Crippen LogP contribution in [0.15, 0.2) is 0 Å². The topological polar surface area (TPSA) is 12.5 Å². The lowest BCUT2D eigenvalue weighted by Gasteiger charge is -2.31. The average Bonchev–Trinajstić information content (AvgIpc) is 2.65. The molecule has 0 aromatic carbocycles. The molecule has 12 heavy (non-hydrogen) atoms. The summed E-state index contributed by atoms with van der Waals surface area (Å²) in [6, 6.07) is 1.49. The smallest absolute Gasteiger partial charge is 0.111 e. The van der Waals surface area contributed by atoms with Gasteiger partial charge in [0.05, 0.1) is 0 Å². The normalized spacial score (nSPS) is 30.5. The Labute approximate surface area is 74.9 Å². The Morgan fingerprint density at radius 2 is 2.00 bits per heavy atom. The van der Waals surface area contributed by atoms with Gasteiger partial charge < -0.3 is 4.74 Å². The molecule has 0 unspecified atom stereocenters. The fourth-order valence-corrected chi connectivity index (χ4v) is 2.16. The third-order valence-electron chi connectivity index (χ3n) is 2.80. The Kier molecular flexibility index (Phi) is 2.37. The predicted molar refractivity (Wildman–Crippen MR) is 49.0 cm³/mol. The zero-order valence-corrected chi connectivity index (χ0v) is 8.12. The molecular formula is C10H19NO. The first-order valence-electron chi connectivity index (χ1n) is 5.18. The summed E-state index contributed by atoms with van der Waals surface area (Å²) < 4.78 is 5.70. The van der Waals surface area contributed by atoms with Gasteiger partial charge in [0.25, 0.3) is 0 Å². The van der Waals surface area contributed by atoms with Gasteiger partial charge in [0, 0.05) is 18.7 Å². The second kappa shape index (κ2) is 3.35. The van der Waals surface area contributed by atoms with Gasteiger partial charge in [-0.25, -0.2) is 0 Å². The lowest BCUT2D eigenvalue weighted by Crippen LogP contribution is -2.41. The van der Waals surface area contributed by atoms with Gasteiger partial charge in [-0.3, -0.25) is 4.90 Å². The highest BCUT2D eigenvalue weighted by molar-refractivity contribution is 4.88. The first-order valence-corrected chi connectivity index (χ1v) is 5.18. The minimum atomic E-state index is 0.442. The van der Waals surface area contributed by atoms with E-state index in [-0.39, 0.29) is 0 Å². The van der Waals surface area contributed by atoms with Crippen molar-refractivity contribution in [3.63, 3.8) is 0 Å². The molecule has 2 rings (SSSR count). The summed E-state index contributed by atoms with van der Waals surface area (Å²) in [6.07, 6.45) is 5.71. The molecule has 1 saturated heterocycles. The monoisotopic (exact) mass is 169 g/mol. The number of ether oxygens (including phenoxy) is 1. The molecule has 1 saturated carbocycles. The second-order valence-corrected chi connectivity index (χ2v) is 4.24. The molecule has 0 aromatic rings. The molecule has 0 bridgehead atoms. The minimum absolute atomic E-state index is 0.442. The average molecular weight is 169 g/mol. The summed E-state index contributed by atoms with van der Waals surface area (Å²) in [5.74, 6) is 0. The maximum absolute atomic E-state index is 5.70. The summed E-state index contributed by atoms with van der Waals surface area (Å²) in [5.41, 5.74) is 0. The van der Waals surface area contributed by atoms with E-state index in [0.29, 0.717) is 12.3 Å². The number of hydrogen-bond donors (Lipinski definition) is 0. The van der Waals surface area contributed by atoms with Crippen LogP contribution in [-0.4, -0.2) is 29.8 Å². The summed E-state index contributed by atoms with van der Waals surface area (Å²) in [5, 5.41) is 0. The van der Waals surface area contributed by atoms with Crippen molar-refractivity contribution in [1.29, 1.82) is 0 Å². The van der Waals surface area contributed by atoms with Crippen LogP contribution in [0.2, 0.25) is 0 Å². The highest BCUT2D eigenvalue weighted by Crippen LogP contribution is 2.33. The fraction of sp³-hybridized carbons (Fsp3) is 1.00. The van der Waals surface area contributed by atoms with Gasteiger partial charge in [-0.2, -0.15) is 0 Å². The fourth-order valence-electron chi connectivity index (χ4n) is 2.16. The molecule has 0 spiro atoms. The summed E-state index contributed by atoms with van der Waals surface area (Å²) in [7, 11) is 0. The molecular weight excluding hydrogens is 150 g/mol. The molecule has 0 radical (unpaired) electrons. The van der Waals surface area contributed by atoms with E-state index < -0.39 is 0 Å². The summed E-state index contributed by atoms with van der Waals surface area (Å²) in [4.78, 5) is 2.56. The second-order valence-electron chi connectivity index (χ2n) is 4.24. The Balaban J connectivity index is 1.94. The van der Waals surface area contributed by atoms with E-state index in [1.165, 1.54) is 25.7 Å². The van der Waals surface area contributed by atoms with Crippen molar-refractivity contribution in [2.75, 3.05) is 6.61 Å². The Bertz CT molecular complexity index is 146. The van der Waals surface area contributed by atoms with E-state index in [2.05, 4.69) is 18.7 Å². The maximum Gasteiger partial charge on any atom is 0.111 e. The molecule has 0 N–H and O–H groups in total. The molecule has 2 aliphatic rings. The van der Waals surface area contributed by atoms with Crippen LogP contribution in [0.1, 0.15) is 39.5 Å². The predicted octanol–water partition coefficient (Wildman–Crippen LogP) is 2.00. The van der Waals surface area contributed by atoms with Crippen molar-refractivity contribution in [3.05, 3.63) is 0 Å². The van der Waals surface area contributed by atoms with Crippen LogP contribution in [0.4, 0.5) is 0 Å². The number of hydrogen-bond acceptors (Lipinski definition) is 2. The van der Waals surface area contributed by atoms with E-state index in [9.17, 15) is 0 Å². The lowest BCUT2D eigenvalue weighted by molar-refractivity contribution is -0.0417. The molecule has 2 fully saturated rings. The Hall–Kier alpha value is -0.0800. The Morgan fingerprint density at radius 3 is 2.42 bits per heavy atom. The van der Waals surface area contributed by atoms with Crippen LogP contribution in [-0.2, 0) is 4.74 Å². The van der Waals surface area contributed by atoms with E-state index in [0.717, 1.165) is 12.6 Å². The lowest BCUT2D eigenvalue weighted by atomic mass is 10.2. The zero-order chi connectivity index (χ0) is 8.55. The van der Waals surface area contributed by atoms with E-state index in [1.54, 1.807) is 0 Å². The van der Waals surface area contributed by atoms with Gasteiger partial charge >= 0.3 is 0 Å². The van der Waals surface area contributed by atoms with Gasteiger partial charge in [0.1, 0.15) is 6.23 Å². The quantitative estimate of drug-likeness (QED) is 0.640. The molecule has 0 amide bonds. The highest BCUT2D eigenvalue weighted by atomic mass is 16.5. The molecule has 1 heterocycles. The van der Waals surface area contributed by atoms with E-state index in [1.807, 2.05) is 0 Å². The first-order chi connectivity index (χ1) is 5.79. The Morgan fingerprint density at radius 1 is 1.25 bits per heavy atom. The summed E-state index contributed by atoms with van der Waals surface area (Å²) >= 11 is 0. The first kappa shape index (κ1) is 8.52. The van der Waals surface area contributed by atoms with Gasteiger partial charge in [-0.15, -0.1) is 0 Å². The largest absolute Gasteiger partial charge is 0.363 e. The molecule has 2 nitrogen and oxygen atoms in total. The number of rotatable bonds is 3. The molecule has 1 aliphatic carbocycles. The van der Waals surface area contributed by atoms with Gasteiger partial charge in [-0.05, 0) is 39.5 Å². The van der Waals surface area contributed by atoms with Gasteiger partial charge in [0.2, 0.25) is 0 Å². The van der Waals surface area contributed by atoms with Crippen LogP contribution < -0.4 is 0 Å². The summed E-state index contributed by atoms with van der Waals surface area (Å²) in [6.45, 7) is 5.53. The molecule has 0 aromatic heterocycles. The van der Waals surface area contributed by atoms with Crippen LogP contribution in [0.25, 0.3) is 0 Å². The molecule has 2 heteroatoms. The van der Waals surface area contributed by atoms with Gasteiger partial charge in [-0.1, -0.05) is 0 Å². The van der Waals surface area contributed by atoms with Crippen molar-refractivity contribution in [3.8, 4) is 0 Å². The standard InChI is InChI=1S/C10H19NO/c1-8(2)11(9-5-6-9)10-4-3-7-12-10/h8-10H,3-7H2,1-2H3/t10-/m0/s1. The van der Waals surface area contributed by atoms with Crippen molar-refractivity contribution >= 4 is 0 Å². The third-order valence-corrected chi connectivity index (χ3v) is 2.80. The van der Waals surface area contributed by atoms with E-state index in [4.69, 9.17) is 4.74 Å². The molecule has 1 atom stereocenters. The van der Waals surface area contributed by atoms with Crippen molar-refractivity contribution in [1.82, 2.24) is 4.90 Å². The van der Waals surface area contributed by atoms with Crippen LogP contribution in [0.3, 0.4) is 0 Å². The van der Waals surface area contributed by atoms with E-state index >= 15 is 0 Å².